The molecule has 0 radical (unpaired) electrons. The summed E-state index contributed by atoms with van der Waals surface area (Å²) < 4.78 is 86.1. The van der Waals surface area contributed by atoms with E-state index < -0.39 is 36.6 Å². The Morgan fingerprint density at radius 1 is 0.800 bits per heavy atom. The van der Waals surface area contributed by atoms with Crippen LogP contribution in [0.5, 0.6) is 5.75 Å². The van der Waals surface area contributed by atoms with E-state index in [2.05, 4.69) is 9.44 Å². The van der Waals surface area contributed by atoms with Gasteiger partial charge in [-0.15, -0.1) is 0 Å². The van der Waals surface area contributed by atoms with Gasteiger partial charge in [0.1, 0.15) is 22.3 Å². The monoisotopic (exact) mass is 454 g/mol. The van der Waals surface area contributed by atoms with E-state index in [1.165, 1.54) is 37.4 Å². The number of rotatable bonds is 7. The highest BCUT2D eigenvalue weighted by Crippen LogP contribution is 2.27. The summed E-state index contributed by atoms with van der Waals surface area (Å²) in [4.78, 5) is -0.872. The standard InChI is InChI=1S/C19H16F2N2O5S2/c1-28-18-5-3-2-4-17(18)23-29(24,25)15-9-7-14(8-10-15)22-30(26,27)19-11-6-13(20)12-16(19)21/h2-12,22-23H,1H3. The van der Waals surface area contributed by atoms with Crippen LogP contribution in [0.1, 0.15) is 0 Å². The van der Waals surface area contributed by atoms with Crippen LogP contribution in [-0.4, -0.2) is 23.9 Å². The van der Waals surface area contributed by atoms with E-state index in [1.54, 1.807) is 18.2 Å². The van der Waals surface area contributed by atoms with E-state index in [1.807, 2.05) is 0 Å². The average molecular weight is 454 g/mol. The van der Waals surface area contributed by atoms with Crippen molar-refractivity contribution < 1.29 is 30.4 Å². The van der Waals surface area contributed by atoms with Crippen LogP contribution in [0.25, 0.3) is 0 Å². The summed E-state index contributed by atoms with van der Waals surface area (Å²) in [7, 11) is -6.92. The van der Waals surface area contributed by atoms with Crippen molar-refractivity contribution in [1.29, 1.82) is 0 Å². The molecule has 0 aliphatic heterocycles. The lowest BCUT2D eigenvalue weighted by atomic mass is 10.3. The Kier molecular flexibility index (Phi) is 5.94. The molecular weight excluding hydrogens is 438 g/mol. The van der Waals surface area contributed by atoms with Crippen LogP contribution in [0.15, 0.2) is 76.5 Å². The summed E-state index contributed by atoms with van der Waals surface area (Å²) in [5.74, 6) is -1.84. The van der Waals surface area contributed by atoms with Crippen LogP contribution in [0.3, 0.4) is 0 Å². The van der Waals surface area contributed by atoms with Gasteiger partial charge in [0.05, 0.1) is 17.7 Å². The summed E-state index contributed by atoms with van der Waals surface area (Å²) in [6, 6.07) is 13.3. The zero-order valence-electron chi connectivity index (χ0n) is 15.5. The molecule has 7 nitrogen and oxygen atoms in total. The van der Waals surface area contributed by atoms with Crippen molar-refractivity contribution >= 4 is 31.4 Å². The highest BCUT2D eigenvalue weighted by Gasteiger charge is 2.21. The zero-order valence-corrected chi connectivity index (χ0v) is 17.1. The Bertz CT molecular complexity index is 1280. The molecule has 30 heavy (non-hydrogen) atoms. The lowest BCUT2D eigenvalue weighted by Gasteiger charge is -2.12. The van der Waals surface area contributed by atoms with Crippen molar-refractivity contribution in [2.45, 2.75) is 9.79 Å². The Hall–Kier alpha value is -3.18. The average Bonchev–Trinajstić information content (AvgIpc) is 2.68. The summed E-state index contributed by atoms with van der Waals surface area (Å²) in [6.45, 7) is 0. The van der Waals surface area contributed by atoms with Gasteiger partial charge in [-0.3, -0.25) is 9.44 Å². The molecule has 3 rings (SSSR count). The number of ether oxygens (including phenoxy) is 1. The number of para-hydroxylation sites is 2. The van der Waals surface area contributed by atoms with Crippen LogP contribution in [0.4, 0.5) is 20.2 Å². The minimum absolute atomic E-state index is 0.00466. The van der Waals surface area contributed by atoms with Gasteiger partial charge in [-0.05, 0) is 48.5 Å². The Labute approximate surface area is 172 Å². The molecule has 3 aromatic carbocycles. The van der Waals surface area contributed by atoms with Gasteiger partial charge in [-0.25, -0.2) is 25.6 Å². The number of sulfonamides is 2. The topological polar surface area (TPSA) is 102 Å². The molecule has 0 aliphatic rings. The molecule has 0 saturated heterocycles. The maximum Gasteiger partial charge on any atom is 0.264 e. The van der Waals surface area contributed by atoms with Crippen LogP contribution >= 0.6 is 0 Å². The molecule has 0 atom stereocenters. The van der Waals surface area contributed by atoms with Crippen molar-refractivity contribution in [2.24, 2.45) is 0 Å². The first-order valence-corrected chi connectivity index (χ1v) is 11.3. The predicted octanol–water partition coefficient (Wildman–Crippen LogP) is 3.58. The second-order valence-corrected chi connectivity index (χ2v) is 9.34. The third-order valence-electron chi connectivity index (χ3n) is 3.95. The first-order chi connectivity index (χ1) is 14.1. The second-order valence-electron chi connectivity index (χ2n) is 6.01. The van der Waals surface area contributed by atoms with Crippen LogP contribution < -0.4 is 14.2 Å². The second kappa shape index (κ2) is 8.28. The Balaban J connectivity index is 1.82. The van der Waals surface area contributed by atoms with Crippen molar-refractivity contribution in [1.82, 2.24) is 0 Å². The lowest BCUT2D eigenvalue weighted by Crippen LogP contribution is -2.16. The van der Waals surface area contributed by atoms with Crippen molar-refractivity contribution in [3.63, 3.8) is 0 Å². The number of hydrogen-bond acceptors (Lipinski definition) is 5. The normalized spacial score (nSPS) is 11.7. The van der Waals surface area contributed by atoms with Crippen molar-refractivity contribution in [3.8, 4) is 5.75 Å². The highest BCUT2D eigenvalue weighted by atomic mass is 32.2. The smallest absolute Gasteiger partial charge is 0.264 e. The number of nitrogens with one attached hydrogen (secondary N) is 2. The number of anilines is 2. The van der Waals surface area contributed by atoms with Gasteiger partial charge in [0.15, 0.2) is 0 Å². The molecule has 3 aromatic rings. The van der Waals surface area contributed by atoms with Crippen LogP contribution in [0, 0.1) is 11.6 Å². The van der Waals surface area contributed by atoms with Gasteiger partial charge in [0, 0.05) is 11.8 Å². The van der Waals surface area contributed by atoms with Crippen molar-refractivity contribution in [2.75, 3.05) is 16.6 Å². The maximum atomic E-state index is 13.8. The highest BCUT2D eigenvalue weighted by molar-refractivity contribution is 7.93. The third kappa shape index (κ3) is 4.69. The molecule has 0 aromatic heterocycles. The van der Waals surface area contributed by atoms with Gasteiger partial charge in [-0.1, -0.05) is 12.1 Å². The van der Waals surface area contributed by atoms with Gasteiger partial charge < -0.3 is 4.74 Å². The number of halogens is 2. The maximum absolute atomic E-state index is 13.8. The predicted molar refractivity (Wildman–Crippen MR) is 107 cm³/mol. The fraction of sp³-hybridized carbons (Fsp3) is 0.0526. The number of benzene rings is 3. The third-order valence-corrected chi connectivity index (χ3v) is 6.75. The number of methoxy groups -OCH3 is 1. The molecule has 2 N–H and O–H groups in total. The fourth-order valence-corrected chi connectivity index (χ4v) is 4.73. The molecule has 0 bridgehead atoms. The molecule has 158 valence electrons. The summed E-state index contributed by atoms with van der Waals surface area (Å²) in [6.07, 6.45) is 0. The fourth-order valence-electron chi connectivity index (χ4n) is 2.54. The molecular formula is C19H16F2N2O5S2. The summed E-state index contributed by atoms with van der Waals surface area (Å²) >= 11 is 0. The van der Waals surface area contributed by atoms with Gasteiger partial charge >= 0.3 is 0 Å². The van der Waals surface area contributed by atoms with E-state index in [9.17, 15) is 25.6 Å². The quantitative estimate of drug-likeness (QED) is 0.568. The molecule has 0 saturated carbocycles. The molecule has 0 aliphatic carbocycles. The zero-order chi connectivity index (χ0) is 21.9. The van der Waals surface area contributed by atoms with E-state index in [0.29, 0.717) is 11.8 Å². The molecule has 11 heteroatoms. The largest absolute Gasteiger partial charge is 0.495 e. The number of hydrogen-bond donors (Lipinski definition) is 2. The Morgan fingerprint density at radius 2 is 1.47 bits per heavy atom. The van der Waals surface area contributed by atoms with Crippen LogP contribution in [0.2, 0.25) is 0 Å². The minimum Gasteiger partial charge on any atom is -0.495 e. The molecule has 0 heterocycles. The SMILES string of the molecule is COc1ccccc1NS(=O)(=O)c1ccc(NS(=O)(=O)c2ccc(F)cc2F)cc1. The van der Waals surface area contributed by atoms with Gasteiger partial charge in [0.2, 0.25) is 0 Å². The van der Waals surface area contributed by atoms with E-state index >= 15 is 0 Å². The Morgan fingerprint density at radius 3 is 2.10 bits per heavy atom. The van der Waals surface area contributed by atoms with E-state index in [4.69, 9.17) is 4.74 Å². The lowest BCUT2D eigenvalue weighted by molar-refractivity contribution is 0.417. The minimum atomic E-state index is -4.34. The summed E-state index contributed by atoms with van der Waals surface area (Å²) in [5, 5.41) is 0. The van der Waals surface area contributed by atoms with Gasteiger partial charge in [0.25, 0.3) is 20.0 Å². The summed E-state index contributed by atoms with van der Waals surface area (Å²) in [5.41, 5.74) is 0.228. The van der Waals surface area contributed by atoms with Gasteiger partial charge in [-0.2, -0.15) is 0 Å². The first-order valence-electron chi connectivity index (χ1n) is 8.36. The van der Waals surface area contributed by atoms with Crippen LogP contribution in [-0.2, 0) is 20.0 Å². The van der Waals surface area contributed by atoms with E-state index in [-0.39, 0.29) is 16.3 Å². The molecule has 0 unspecified atom stereocenters. The first kappa shape index (κ1) is 21.5. The van der Waals surface area contributed by atoms with Crippen molar-refractivity contribution in [3.05, 3.63) is 78.4 Å². The molecule has 0 fully saturated rings. The molecule has 0 amide bonds. The molecule has 0 spiro atoms. The van der Waals surface area contributed by atoms with E-state index in [0.717, 1.165) is 12.1 Å².